The maximum atomic E-state index is 13.2. The molecule has 0 aliphatic carbocycles. The molecule has 1 aliphatic rings. The fraction of sp³-hybridized carbons (Fsp3) is 0.333. The lowest BCUT2D eigenvalue weighted by Crippen LogP contribution is -2.31. The average Bonchev–Trinajstić information content (AvgIpc) is 3.37. The van der Waals surface area contributed by atoms with E-state index < -0.39 is 0 Å². The average molecular weight is 374 g/mol. The van der Waals surface area contributed by atoms with Crippen LogP contribution in [-0.2, 0) is 0 Å². The molecule has 0 radical (unpaired) electrons. The molecule has 4 aromatic rings. The van der Waals surface area contributed by atoms with E-state index in [4.69, 9.17) is 4.98 Å². The van der Waals surface area contributed by atoms with Gasteiger partial charge in [0.15, 0.2) is 11.3 Å². The predicted octanol–water partition coefficient (Wildman–Crippen LogP) is 3.51. The van der Waals surface area contributed by atoms with Crippen LogP contribution < -0.4 is 0 Å². The normalized spacial score (nSPS) is 17.1. The number of benzene rings is 1. The molecule has 142 valence electrons. The van der Waals surface area contributed by atoms with Crippen LogP contribution in [0.15, 0.2) is 30.3 Å². The fourth-order valence-corrected chi connectivity index (χ4v) is 4.13. The van der Waals surface area contributed by atoms with Crippen molar-refractivity contribution in [3.05, 3.63) is 58.8 Å². The highest BCUT2D eigenvalue weighted by molar-refractivity contribution is 5.94. The third-order valence-electron chi connectivity index (χ3n) is 5.44. The summed E-state index contributed by atoms with van der Waals surface area (Å²) in [6.07, 6.45) is 1.85. The number of imidazole rings is 1. The number of H-pyrrole nitrogens is 1. The zero-order valence-corrected chi connectivity index (χ0v) is 16.2. The Bertz CT molecular complexity index is 1220. The summed E-state index contributed by atoms with van der Waals surface area (Å²) in [7, 11) is 0. The quantitative estimate of drug-likeness (QED) is 0.582. The first-order valence-corrected chi connectivity index (χ1v) is 9.61. The summed E-state index contributed by atoms with van der Waals surface area (Å²) in [4.78, 5) is 27.8. The molecule has 1 fully saturated rings. The van der Waals surface area contributed by atoms with Crippen LogP contribution in [0.1, 0.15) is 52.1 Å². The molecule has 0 saturated carbocycles. The maximum Gasteiger partial charge on any atom is 0.275 e. The van der Waals surface area contributed by atoms with Crippen LogP contribution in [0.3, 0.4) is 0 Å². The maximum absolute atomic E-state index is 13.2. The second kappa shape index (κ2) is 6.15. The van der Waals surface area contributed by atoms with Crippen LogP contribution in [0.4, 0.5) is 0 Å². The van der Waals surface area contributed by atoms with Crippen LogP contribution in [-0.4, -0.2) is 41.9 Å². The summed E-state index contributed by atoms with van der Waals surface area (Å²) < 4.78 is 1.73. The van der Waals surface area contributed by atoms with Gasteiger partial charge in [-0.3, -0.25) is 4.79 Å². The lowest BCUT2D eigenvalue weighted by molar-refractivity contribution is 0.0724. The Labute approximate surface area is 162 Å². The van der Waals surface area contributed by atoms with Gasteiger partial charge >= 0.3 is 0 Å². The van der Waals surface area contributed by atoms with Crippen molar-refractivity contribution in [2.75, 3.05) is 6.54 Å². The second-order valence-electron chi connectivity index (χ2n) is 7.64. The zero-order chi connectivity index (χ0) is 19.4. The molecule has 7 heteroatoms. The minimum Gasteiger partial charge on any atom is -0.340 e. The number of hydrogen-bond acceptors (Lipinski definition) is 4. The predicted molar refractivity (Wildman–Crippen MR) is 106 cm³/mol. The van der Waals surface area contributed by atoms with E-state index in [0.29, 0.717) is 17.9 Å². The molecule has 1 atom stereocenters. The number of nitrogens with one attached hydrogen (secondary N) is 1. The molecule has 1 aliphatic heterocycles. The summed E-state index contributed by atoms with van der Waals surface area (Å²) in [5.74, 6) is 0.780. The number of nitrogens with zero attached hydrogens (tertiary/aromatic N) is 5. The Balaban J connectivity index is 1.50. The minimum absolute atomic E-state index is 0.0548. The number of rotatable bonds is 2. The lowest BCUT2D eigenvalue weighted by Gasteiger charge is -2.22. The van der Waals surface area contributed by atoms with Crippen molar-refractivity contribution in [1.29, 1.82) is 0 Å². The summed E-state index contributed by atoms with van der Waals surface area (Å²) in [6, 6.07) is 9.85. The number of aryl methyl sites for hydroxylation is 3. The van der Waals surface area contributed by atoms with Crippen molar-refractivity contribution in [2.24, 2.45) is 0 Å². The van der Waals surface area contributed by atoms with Gasteiger partial charge in [-0.15, -0.1) is 0 Å². The van der Waals surface area contributed by atoms with E-state index in [1.165, 1.54) is 5.56 Å². The van der Waals surface area contributed by atoms with Gasteiger partial charge in [-0.1, -0.05) is 6.07 Å². The first kappa shape index (κ1) is 16.9. The molecule has 3 aromatic heterocycles. The second-order valence-corrected chi connectivity index (χ2v) is 7.64. The molecule has 0 spiro atoms. The Morgan fingerprint density at radius 3 is 2.86 bits per heavy atom. The summed E-state index contributed by atoms with van der Waals surface area (Å²) >= 11 is 0. The number of aromatic amines is 1. The third kappa shape index (κ3) is 2.66. The molecular weight excluding hydrogens is 352 g/mol. The van der Waals surface area contributed by atoms with Gasteiger partial charge in [-0.05, 0) is 57.4 Å². The Kier molecular flexibility index (Phi) is 3.72. The van der Waals surface area contributed by atoms with Crippen molar-refractivity contribution < 1.29 is 4.79 Å². The largest absolute Gasteiger partial charge is 0.340 e. The van der Waals surface area contributed by atoms with Crippen molar-refractivity contribution >= 4 is 22.6 Å². The van der Waals surface area contributed by atoms with Gasteiger partial charge in [0.25, 0.3) is 5.91 Å². The highest BCUT2D eigenvalue weighted by Gasteiger charge is 2.34. The Morgan fingerprint density at radius 1 is 1.14 bits per heavy atom. The number of carbonyl (C=O) groups is 1. The van der Waals surface area contributed by atoms with Crippen molar-refractivity contribution in [1.82, 2.24) is 29.5 Å². The van der Waals surface area contributed by atoms with E-state index in [0.717, 1.165) is 41.1 Å². The summed E-state index contributed by atoms with van der Waals surface area (Å²) in [5.41, 5.74) is 6.15. The van der Waals surface area contributed by atoms with E-state index in [1.807, 2.05) is 30.9 Å². The zero-order valence-electron chi connectivity index (χ0n) is 16.2. The monoisotopic (exact) mass is 374 g/mol. The summed E-state index contributed by atoms with van der Waals surface area (Å²) in [5, 5.41) is 4.51. The molecule has 1 unspecified atom stereocenters. The Morgan fingerprint density at radius 2 is 2.00 bits per heavy atom. The molecule has 0 bridgehead atoms. The molecule has 1 saturated heterocycles. The molecule has 7 nitrogen and oxygen atoms in total. The van der Waals surface area contributed by atoms with Gasteiger partial charge < -0.3 is 9.88 Å². The highest BCUT2D eigenvalue weighted by atomic mass is 16.2. The molecular formula is C21H22N6O. The van der Waals surface area contributed by atoms with Crippen LogP contribution in [0.2, 0.25) is 0 Å². The van der Waals surface area contributed by atoms with Crippen LogP contribution in [0, 0.1) is 20.8 Å². The Hall–Kier alpha value is -3.22. The topological polar surface area (TPSA) is 79.2 Å². The molecule has 28 heavy (non-hydrogen) atoms. The number of carbonyl (C=O) groups excluding carboxylic acids is 1. The first-order valence-electron chi connectivity index (χ1n) is 9.61. The minimum atomic E-state index is -0.0679. The first-order chi connectivity index (χ1) is 13.5. The third-order valence-corrected chi connectivity index (χ3v) is 5.44. The molecule has 4 heterocycles. The van der Waals surface area contributed by atoms with Crippen molar-refractivity contribution in [2.45, 2.75) is 39.7 Å². The van der Waals surface area contributed by atoms with Crippen LogP contribution in [0.25, 0.3) is 16.7 Å². The number of fused-ring (bicyclic) bond motifs is 2. The van der Waals surface area contributed by atoms with Crippen LogP contribution in [0.5, 0.6) is 0 Å². The van der Waals surface area contributed by atoms with E-state index in [9.17, 15) is 4.79 Å². The van der Waals surface area contributed by atoms with Crippen molar-refractivity contribution in [3.63, 3.8) is 0 Å². The van der Waals surface area contributed by atoms with Gasteiger partial charge in [-0.2, -0.15) is 5.10 Å². The fourth-order valence-electron chi connectivity index (χ4n) is 4.13. The smallest absolute Gasteiger partial charge is 0.275 e. The highest BCUT2D eigenvalue weighted by Crippen LogP contribution is 2.32. The standard InChI is InChI=1S/C21H22N6O/c1-12-6-7-15-16(9-12)24-20(23-15)18-5-4-8-26(18)21(28)17-11-19-22-13(2)10-14(3)27(19)25-17/h6-7,9-11,18H,4-5,8H2,1-3H3,(H,23,24). The molecule has 1 aromatic carbocycles. The van der Waals surface area contributed by atoms with Crippen molar-refractivity contribution in [3.8, 4) is 0 Å². The number of amides is 1. The van der Waals surface area contributed by atoms with Gasteiger partial charge in [0.05, 0.1) is 17.1 Å². The lowest BCUT2D eigenvalue weighted by atomic mass is 10.2. The van der Waals surface area contributed by atoms with Gasteiger partial charge in [-0.25, -0.2) is 14.5 Å². The molecule has 1 amide bonds. The van der Waals surface area contributed by atoms with Gasteiger partial charge in [0.2, 0.25) is 0 Å². The van der Waals surface area contributed by atoms with Gasteiger partial charge in [0, 0.05) is 24.0 Å². The number of hydrogen-bond donors (Lipinski definition) is 1. The van der Waals surface area contributed by atoms with E-state index in [-0.39, 0.29) is 11.9 Å². The van der Waals surface area contributed by atoms with E-state index >= 15 is 0 Å². The summed E-state index contributed by atoms with van der Waals surface area (Å²) in [6.45, 7) is 6.69. The number of likely N-dealkylation sites (tertiary alicyclic amines) is 1. The molecule has 1 N–H and O–H groups in total. The molecule has 5 rings (SSSR count). The van der Waals surface area contributed by atoms with E-state index in [2.05, 4.69) is 34.1 Å². The SMILES string of the molecule is Cc1ccc2nc(C3CCCN3C(=O)c3cc4nc(C)cc(C)n4n3)[nH]c2c1. The number of aromatic nitrogens is 5. The van der Waals surface area contributed by atoms with Gasteiger partial charge in [0.1, 0.15) is 5.82 Å². The van der Waals surface area contributed by atoms with E-state index in [1.54, 1.807) is 10.6 Å². The van der Waals surface area contributed by atoms with Crippen LogP contribution >= 0.6 is 0 Å².